The number of aromatic nitrogens is 3. The topological polar surface area (TPSA) is 61.9 Å². The first-order valence-corrected chi connectivity index (χ1v) is 11.1. The first-order chi connectivity index (χ1) is 15.7. The molecule has 1 unspecified atom stereocenters. The van der Waals surface area contributed by atoms with Crippen molar-refractivity contribution in [3.8, 4) is 22.4 Å². The zero-order valence-corrected chi connectivity index (χ0v) is 18.3. The van der Waals surface area contributed by atoms with Crippen molar-refractivity contribution in [1.82, 2.24) is 20.1 Å². The van der Waals surface area contributed by atoms with Crippen molar-refractivity contribution in [3.05, 3.63) is 95.4 Å². The lowest BCUT2D eigenvalue weighted by molar-refractivity contribution is -0.134. The summed E-state index contributed by atoms with van der Waals surface area (Å²) in [5, 5.41) is 8.71. The van der Waals surface area contributed by atoms with Crippen LogP contribution in [-0.4, -0.2) is 32.5 Å². The first kappa shape index (κ1) is 20.5. The van der Waals surface area contributed by atoms with Crippen LogP contribution in [0, 0.1) is 0 Å². The van der Waals surface area contributed by atoms with Gasteiger partial charge < -0.3 is 4.90 Å². The largest absolute Gasteiger partial charge is 0.338 e. The smallest absolute Gasteiger partial charge is 0.222 e. The normalized spacial score (nSPS) is 16.3. The van der Waals surface area contributed by atoms with E-state index in [-0.39, 0.29) is 11.8 Å². The van der Waals surface area contributed by atoms with E-state index in [0.717, 1.165) is 40.1 Å². The highest BCUT2D eigenvalue weighted by molar-refractivity contribution is 6.30. The van der Waals surface area contributed by atoms with Crippen LogP contribution in [0.1, 0.15) is 30.0 Å². The molecule has 1 atom stereocenters. The van der Waals surface area contributed by atoms with Gasteiger partial charge in [-0.25, -0.2) is 0 Å². The van der Waals surface area contributed by atoms with Gasteiger partial charge in [-0.3, -0.25) is 14.9 Å². The van der Waals surface area contributed by atoms with Crippen LogP contribution in [0.25, 0.3) is 22.4 Å². The van der Waals surface area contributed by atoms with Crippen LogP contribution in [0.3, 0.4) is 0 Å². The third kappa shape index (κ3) is 4.16. The molecule has 1 fully saturated rings. The molecule has 1 amide bonds. The van der Waals surface area contributed by atoms with Crippen LogP contribution >= 0.6 is 11.6 Å². The Kier molecular flexibility index (Phi) is 5.73. The number of H-pyrrole nitrogens is 1. The Bertz CT molecular complexity index is 1210. The number of pyridine rings is 1. The van der Waals surface area contributed by atoms with E-state index in [4.69, 9.17) is 16.7 Å². The fraction of sp³-hybridized carbons (Fsp3) is 0.192. The quantitative estimate of drug-likeness (QED) is 0.431. The predicted molar refractivity (Wildman–Crippen MR) is 126 cm³/mol. The van der Waals surface area contributed by atoms with Crippen molar-refractivity contribution in [3.63, 3.8) is 0 Å². The summed E-state index contributed by atoms with van der Waals surface area (Å²) in [6.45, 7) is 1.28. The lowest BCUT2D eigenvalue weighted by atomic mass is 9.88. The fourth-order valence-corrected chi connectivity index (χ4v) is 4.51. The molecular weight excluding hydrogens is 420 g/mol. The maximum Gasteiger partial charge on any atom is 0.222 e. The second kappa shape index (κ2) is 8.97. The summed E-state index contributed by atoms with van der Waals surface area (Å²) < 4.78 is 0. The molecular formula is C26H23ClN4O. The second-order valence-corrected chi connectivity index (χ2v) is 8.54. The van der Waals surface area contributed by atoms with Crippen molar-refractivity contribution in [2.24, 2.45) is 0 Å². The van der Waals surface area contributed by atoms with Crippen LogP contribution in [-0.2, 0) is 11.3 Å². The van der Waals surface area contributed by atoms with Crippen molar-refractivity contribution < 1.29 is 4.79 Å². The molecule has 1 N–H and O–H groups in total. The monoisotopic (exact) mass is 442 g/mol. The molecule has 1 saturated heterocycles. The number of amides is 1. The Morgan fingerprint density at radius 3 is 2.47 bits per heavy atom. The number of hydrogen-bond donors (Lipinski definition) is 1. The van der Waals surface area contributed by atoms with Crippen LogP contribution < -0.4 is 0 Å². The standard InChI is InChI=1S/C26H23ClN4O/c27-22-9-6-20(7-10-22)25-24(19-12-14-28-15-13-19)26(30-29-25)21-8-11-23(32)31(17-21)16-18-4-2-1-3-5-18/h1-7,9-10,12-15,21H,8,11,16-17H2,(H,29,30). The molecule has 1 aliphatic heterocycles. The fourth-order valence-electron chi connectivity index (χ4n) is 4.39. The van der Waals surface area contributed by atoms with Gasteiger partial charge in [-0.15, -0.1) is 0 Å². The van der Waals surface area contributed by atoms with Gasteiger partial charge in [-0.1, -0.05) is 54.1 Å². The average Bonchev–Trinajstić information content (AvgIpc) is 3.27. The van der Waals surface area contributed by atoms with Crippen molar-refractivity contribution in [2.75, 3.05) is 6.54 Å². The van der Waals surface area contributed by atoms with Crippen molar-refractivity contribution in [2.45, 2.75) is 25.3 Å². The van der Waals surface area contributed by atoms with Gasteiger partial charge in [-0.05, 0) is 41.8 Å². The molecule has 2 aromatic heterocycles. The van der Waals surface area contributed by atoms with Gasteiger partial charge in [-0.2, -0.15) is 5.10 Å². The van der Waals surface area contributed by atoms with Gasteiger partial charge in [0, 0.05) is 59.7 Å². The molecule has 2 aromatic carbocycles. The molecule has 160 valence electrons. The van der Waals surface area contributed by atoms with E-state index in [1.54, 1.807) is 12.4 Å². The SMILES string of the molecule is O=C1CCC(c2[nH]nc(-c3ccc(Cl)cc3)c2-c2ccncc2)CN1Cc1ccccc1. The summed E-state index contributed by atoms with van der Waals surface area (Å²) in [7, 11) is 0. The van der Waals surface area contributed by atoms with Crippen LogP contribution in [0.2, 0.25) is 5.02 Å². The van der Waals surface area contributed by atoms with E-state index in [9.17, 15) is 4.79 Å². The Morgan fingerprint density at radius 1 is 0.969 bits per heavy atom. The summed E-state index contributed by atoms with van der Waals surface area (Å²) in [6.07, 6.45) is 4.92. The number of aromatic amines is 1. The highest BCUT2D eigenvalue weighted by Crippen LogP contribution is 2.39. The highest BCUT2D eigenvalue weighted by atomic mass is 35.5. The number of rotatable bonds is 5. The minimum Gasteiger partial charge on any atom is -0.338 e. The first-order valence-electron chi connectivity index (χ1n) is 10.8. The van der Waals surface area contributed by atoms with Gasteiger partial charge in [0.25, 0.3) is 0 Å². The Hall–Kier alpha value is -3.44. The van der Waals surface area contributed by atoms with Gasteiger partial charge in [0.05, 0.1) is 0 Å². The molecule has 0 aliphatic carbocycles. The maximum absolute atomic E-state index is 12.7. The molecule has 0 saturated carbocycles. The zero-order valence-electron chi connectivity index (χ0n) is 17.5. The van der Waals surface area contributed by atoms with E-state index in [2.05, 4.69) is 22.2 Å². The molecule has 0 spiro atoms. The zero-order chi connectivity index (χ0) is 21.9. The van der Waals surface area contributed by atoms with Gasteiger partial charge >= 0.3 is 0 Å². The molecule has 1 aliphatic rings. The van der Waals surface area contributed by atoms with E-state index in [0.29, 0.717) is 24.5 Å². The molecule has 0 radical (unpaired) electrons. The lowest BCUT2D eigenvalue weighted by Crippen LogP contribution is -2.38. The number of piperidine rings is 1. The molecule has 32 heavy (non-hydrogen) atoms. The van der Waals surface area contributed by atoms with Gasteiger partial charge in [0.1, 0.15) is 5.69 Å². The summed E-state index contributed by atoms with van der Waals surface area (Å²) in [4.78, 5) is 18.8. The van der Waals surface area contributed by atoms with Crippen LogP contribution in [0.4, 0.5) is 0 Å². The average molecular weight is 443 g/mol. The van der Waals surface area contributed by atoms with Crippen LogP contribution in [0.5, 0.6) is 0 Å². The third-order valence-electron chi connectivity index (χ3n) is 6.01. The predicted octanol–water partition coefficient (Wildman–Crippen LogP) is 5.70. The van der Waals surface area contributed by atoms with E-state index in [1.165, 1.54) is 0 Å². The summed E-state index contributed by atoms with van der Waals surface area (Å²) in [6, 6.07) is 21.9. The Balaban J connectivity index is 1.51. The Labute approximate surface area is 192 Å². The number of nitrogens with zero attached hydrogens (tertiary/aromatic N) is 3. The Morgan fingerprint density at radius 2 is 1.72 bits per heavy atom. The van der Waals surface area contributed by atoms with E-state index < -0.39 is 0 Å². The third-order valence-corrected chi connectivity index (χ3v) is 6.26. The molecule has 6 heteroatoms. The minimum atomic E-state index is 0.174. The number of likely N-dealkylation sites (tertiary alicyclic amines) is 1. The molecule has 3 heterocycles. The summed E-state index contributed by atoms with van der Waals surface area (Å²) in [5.74, 6) is 0.376. The maximum atomic E-state index is 12.7. The van der Waals surface area contributed by atoms with E-state index in [1.807, 2.05) is 59.5 Å². The van der Waals surface area contributed by atoms with Crippen LogP contribution in [0.15, 0.2) is 79.1 Å². The lowest BCUT2D eigenvalue weighted by Gasteiger charge is -2.32. The van der Waals surface area contributed by atoms with Gasteiger partial charge in [0.2, 0.25) is 5.91 Å². The number of hydrogen-bond acceptors (Lipinski definition) is 3. The van der Waals surface area contributed by atoms with Crippen molar-refractivity contribution in [1.29, 1.82) is 0 Å². The second-order valence-electron chi connectivity index (χ2n) is 8.10. The summed E-state index contributed by atoms with van der Waals surface area (Å²) in [5.41, 5.74) is 6.20. The number of benzene rings is 2. The molecule has 0 bridgehead atoms. The minimum absolute atomic E-state index is 0.174. The summed E-state index contributed by atoms with van der Waals surface area (Å²) >= 11 is 6.11. The van der Waals surface area contributed by atoms with E-state index >= 15 is 0 Å². The number of nitrogens with one attached hydrogen (secondary N) is 1. The molecule has 5 nitrogen and oxygen atoms in total. The van der Waals surface area contributed by atoms with Crippen molar-refractivity contribution >= 4 is 17.5 Å². The molecule has 5 rings (SSSR count). The highest BCUT2D eigenvalue weighted by Gasteiger charge is 2.31. The molecule has 4 aromatic rings. The number of halogens is 1. The number of carbonyl (C=O) groups is 1. The number of carbonyl (C=O) groups excluding carboxylic acids is 1. The van der Waals surface area contributed by atoms with Gasteiger partial charge in [0.15, 0.2) is 0 Å².